The predicted octanol–water partition coefficient (Wildman–Crippen LogP) is 1.28. The summed E-state index contributed by atoms with van der Waals surface area (Å²) in [5.74, 6) is -0.0677. The predicted molar refractivity (Wildman–Crippen MR) is 64.0 cm³/mol. The molecule has 0 radical (unpaired) electrons. The van der Waals surface area contributed by atoms with Gasteiger partial charge < -0.3 is 10.1 Å². The number of carbonyl (C=O) groups excluding carboxylic acids is 1. The Morgan fingerprint density at radius 3 is 2.88 bits per heavy atom. The summed E-state index contributed by atoms with van der Waals surface area (Å²) < 4.78 is 7.50. The summed E-state index contributed by atoms with van der Waals surface area (Å²) in [6.07, 6.45) is 0.850. The number of aryl methyl sites for hydroxylation is 1. The molecule has 5 nitrogen and oxygen atoms in total. The molecule has 2 rings (SSSR count). The van der Waals surface area contributed by atoms with Gasteiger partial charge in [-0.1, -0.05) is 0 Å². The van der Waals surface area contributed by atoms with E-state index in [-0.39, 0.29) is 18.1 Å². The molecule has 1 aromatic heterocycles. The summed E-state index contributed by atoms with van der Waals surface area (Å²) in [6.45, 7) is 6.68. The molecule has 1 aliphatic heterocycles. The highest BCUT2D eigenvalue weighted by molar-refractivity contribution is 5.94. The molecule has 0 unspecified atom stereocenters. The van der Waals surface area contributed by atoms with E-state index >= 15 is 0 Å². The lowest BCUT2D eigenvalue weighted by Gasteiger charge is -2.24. The van der Waals surface area contributed by atoms with Crippen LogP contribution in [-0.2, 0) is 17.7 Å². The fourth-order valence-electron chi connectivity index (χ4n) is 2.40. The fraction of sp³-hybridized carbons (Fsp3) is 0.667. The molecule has 0 aliphatic carbocycles. The van der Waals surface area contributed by atoms with Crippen molar-refractivity contribution in [2.75, 3.05) is 7.05 Å². The molecule has 94 valence electrons. The molecule has 5 heteroatoms. The number of fused-ring (bicyclic) bond motifs is 1. The van der Waals surface area contributed by atoms with Gasteiger partial charge in [0.2, 0.25) is 0 Å². The van der Waals surface area contributed by atoms with Crippen molar-refractivity contribution >= 4 is 5.91 Å². The Balaban J connectivity index is 2.54. The molecule has 1 aliphatic rings. The van der Waals surface area contributed by atoms with E-state index in [2.05, 4.69) is 10.4 Å². The summed E-state index contributed by atoms with van der Waals surface area (Å²) in [4.78, 5) is 11.9. The van der Waals surface area contributed by atoms with E-state index in [1.807, 2.05) is 20.8 Å². The lowest BCUT2D eigenvalue weighted by molar-refractivity contribution is -0.00712. The molecule has 0 bridgehead atoms. The van der Waals surface area contributed by atoms with Crippen LogP contribution in [0, 0.1) is 0 Å². The zero-order valence-corrected chi connectivity index (χ0v) is 10.8. The molecule has 2 atom stereocenters. The van der Waals surface area contributed by atoms with Gasteiger partial charge in [-0.2, -0.15) is 5.10 Å². The number of nitrogens with one attached hydrogen (secondary N) is 1. The minimum Gasteiger partial charge on any atom is -0.369 e. The highest BCUT2D eigenvalue weighted by atomic mass is 16.5. The molecule has 1 N–H and O–H groups in total. The molecular formula is C12H19N3O2. The van der Waals surface area contributed by atoms with Gasteiger partial charge >= 0.3 is 0 Å². The van der Waals surface area contributed by atoms with Gasteiger partial charge in [0.15, 0.2) is 0 Å². The Hall–Kier alpha value is -1.36. The molecule has 1 amide bonds. The van der Waals surface area contributed by atoms with E-state index in [9.17, 15) is 4.79 Å². The number of carbonyl (C=O) groups is 1. The van der Waals surface area contributed by atoms with Crippen LogP contribution in [0.3, 0.4) is 0 Å². The number of nitrogens with zero attached hydrogens (tertiary/aromatic N) is 2. The molecule has 0 spiro atoms. The first-order chi connectivity index (χ1) is 8.08. The van der Waals surface area contributed by atoms with Crippen LogP contribution >= 0.6 is 0 Å². The zero-order valence-electron chi connectivity index (χ0n) is 10.8. The van der Waals surface area contributed by atoms with Crippen LogP contribution in [0.1, 0.15) is 48.6 Å². The highest BCUT2D eigenvalue weighted by Crippen LogP contribution is 2.31. The summed E-state index contributed by atoms with van der Waals surface area (Å²) in [6, 6.07) is 0. The third kappa shape index (κ3) is 1.95. The zero-order chi connectivity index (χ0) is 12.6. The van der Waals surface area contributed by atoms with Crippen molar-refractivity contribution in [2.45, 2.75) is 45.9 Å². The lowest BCUT2D eigenvalue weighted by atomic mass is 9.99. The van der Waals surface area contributed by atoms with Crippen LogP contribution in [0.5, 0.6) is 0 Å². The number of aromatic nitrogens is 2. The van der Waals surface area contributed by atoms with Crippen LogP contribution in [0.4, 0.5) is 0 Å². The van der Waals surface area contributed by atoms with Gasteiger partial charge in [-0.3, -0.25) is 9.48 Å². The minimum absolute atomic E-state index is 0.0371. The van der Waals surface area contributed by atoms with Crippen molar-refractivity contribution in [1.82, 2.24) is 15.1 Å². The maximum Gasteiger partial charge on any atom is 0.269 e. The molecule has 2 heterocycles. The Labute approximate surface area is 101 Å². The fourth-order valence-corrected chi connectivity index (χ4v) is 2.40. The van der Waals surface area contributed by atoms with Crippen LogP contribution < -0.4 is 5.32 Å². The van der Waals surface area contributed by atoms with E-state index in [1.54, 1.807) is 11.7 Å². The van der Waals surface area contributed by atoms with E-state index in [4.69, 9.17) is 4.74 Å². The summed E-state index contributed by atoms with van der Waals surface area (Å²) >= 11 is 0. The van der Waals surface area contributed by atoms with Gasteiger partial charge in [0.25, 0.3) is 5.91 Å². The molecule has 0 saturated carbocycles. The number of amides is 1. The van der Waals surface area contributed by atoms with Gasteiger partial charge in [-0.15, -0.1) is 0 Å². The molecule has 1 aromatic rings. The molecule has 17 heavy (non-hydrogen) atoms. The molecular weight excluding hydrogens is 218 g/mol. The number of rotatable bonds is 2. The van der Waals surface area contributed by atoms with Crippen molar-refractivity contribution in [3.8, 4) is 0 Å². The SMILES string of the molecule is CCn1nc2c(c1C(=O)NC)C[C@H](C)O[C@@H]2C. The smallest absolute Gasteiger partial charge is 0.269 e. The van der Waals surface area contributed by atoms with E-state index in [1.165, 1.54) is 0 Å². The summed E-state index contributed by atoms with van der Waals surface area (Å²) in [5, 5.41) is 7.17. The summed E-state index contributed by atoms with van der Waals surface area (Å²) in [5.41, 5.74) is 2.63. The second-order valence-electron chi connectivity index (χ2n) is 4.40. The van der Waals surface area contributed by atoms with Crippen LogP contribution in [0.25, 0.3) is 0 Å². The van der Waals surface area contributed by atoms with Gasteiger partial charge in [0.05, 0.1) is 17.9 Å². The van der Waals surface area contributed by atoms with E-state index in [0.717, 1.165) is 17.7 Å². The third-order valence-electron chi connectivity index (χ3n) is 3.14. The average Bonchev–Trinajstić information content (AvgIpc) is 2.66. The number of ether oxygens (including phenoxy) is 1. The van der Waals surface area contributed by atoms with Crippen molar-refractivity contribution in [3.63, 3.8) is 0 Å². The largest absolute Gasteiger partial charge is 0.369 e. The Bertz CT molecular complexity index is 439. The van der Waals surface area contributed by atoms with Crippen LogP contribution in [0.2, 0.25) is 0 Å². The van der Waals surface area contributed by atoms with Crippen molar-refractivity contribution in [1.29, 1.82) is 0 Å². The van der Waals surface area contributed by atoms with E-state index in [0.29, 0.717) is 12.2 Å². The monoisotopic (exact) mass is 237 g/mol. The van der Waals surface area contributed by atoms with Gasteiger partial charge in [0, 0.05) is 25.6 Å². The van der Waals surface area contributed by atoms with Crippen molar-refractivity contribution in [2.24, 2.45) is 0 Å². The first kappa shape index (κ1) is 12.1. The second kappa shape index (κ2) is 4.49. The van der Waals surface area contributed by atoms with Gasteiger partial charge in [0.1, 0.15) is 5.69 Å². The Morgan fingerprint density at radius 1 is 1.59 bits per heavy atom. The van der Waals surface area contributed by atoms with Crippen molar-refractivity contribution in [3.05, 3.63) is 17.0 Å². The molecule has 0 saturated heterocycles. The standard InChI is InChI=1S/C12H19N3O2/c1-5-15-11(12(16)13-4)9-6-7(2)17-8(3)10(9)14-15/h7-8H,5-6H2,1-4H3,(H,13,16)/t7-,8+/m0/s1. The summed E-state index contributed by atoms with van der Waals surface area (Å²) in [7, 11) is 1.65. The molecule has 0 fully saturated rings. The van der Waals surface area contributed by atoms with Gasteiger partial charge in [-0.05, 0) is 20.8 Å². The Kier molecular flexibility index (Phi) is 3.19. The average molecular weight is 237 g/mol. The maximum atomic E-state index is 11.9. The van der Waals surface area contributed by atoms with Crippen molar-refractivity contribution < 1.29 is 9.53 Å². The highest BCUT2D eigenvalue weighted by Gasteiger charge is 2.31. The first-order valence-electron chi connectivity index (χ1n) is 6.05. The third-order valence-corrected chi connectivity index (χ3v) is 3.14. The second-order valence-corrected chi connectivity index (χ2v) is 4.40. The topological polar surface area (TPSA) is 56.2 Å². The number of hydrogen-bond donors (Lipinski definition) is 1. The minimum atomic E-state index is -0.0677. The number of hydrogen-bond acceptors (Lipinski definition) is 3. The lowest BCUT2D eigenvalue weighted by Crippen LogP contribution is -2.26. The van der Waals surface area contributed by atoms with Crippen LogP contribution in [-0.4, -0.2) is 28.8 Å². The Morgan fingerprint density at radius 2 is 2.29 bits per heavy atom. The quantitative estimate of drug-likeness (QED) is 0.843. The van der Waals surface area contributed by atoms with Gasteiger partial charge in [-0.25, -0.2) is 0 Å². The molecule has 0 aromatic carbocycles. The first-order valence-corrected chi connectivity index (χ1v) is 6.05. The normalized spacial score (nSPS) is 23.3. The van der Waals surface area contributed by atoms with Crippen LogP contribution in [0.15, 0.2) is 0 Å². The maximum absolute atomic E-state index is 11.9. The van der Waals surface area contributed by atoms with E-state index < -0.39 is 0 Å².